The van der Waals surface area contributed by atoms with Crippen LogP contribution in [0.3, 0.4) is 0 Å². The van der Waals surface area contributed by atoms with Gasteiger partial charge in [0.15, 0.2) is 5.82 Å². The fourth-order valence-electron chi connectivity index (χ4n) is 2.58. The van der Waals surface area contributed by atoms with Gasteiger partial charge in [-0.1, -0.05) is 0 Å². The molecule has 3 N–H and O–H groups in total. The topological polar surface area (TPSA) is 68.2 Å². The van der Waals surface area contributed by atoms with Crippen molar-refractivity contribution in [1.29, 1.82) is 0 Å². The number of piperidine rings is 1. The molecule has 5 heteroatoms. The summed E-state index contributed by atoms with van der Waals surface area (Å²) in [4.78, 5) is 4.19. The molecule has 0 aromatic carbocycles. The van der Waals surface area contributed by atoms with Gasteiger partial charge in [0.1, 0.15) is 11.3 Å². The molecular formula is C12H17N5. The van der Waals surface area contributed by atoms with E-state index in [2.05, 4.69) is 21.5 Å². The normalized spacial score (nSPS) is 17.7. The van der Waals surface area contributed by atoms with Gasteiger partial charge in [-0.05, 0) is 45.0 Å². The summed E-state index contributed by atoms with van der Waals surface area (Å²) in [5.74, 6) is 1.87. The van der Waals surface area contributed by atoms with Gasteiger partial charge < -0.3 is 11.1 Å². The highest BCUT2D eigenvalue weighted by Gasteiger charge is 2.19. The first-order valence-corrected chi connectivity index (χ1v) is 6.08. The number of rotatable bonds is 1. The zero-order valence-electron chi connectivity index (χ0n) is 9.98. The van der Waals surface area contributed by atoms with Crippen molar-refractivity contribution in [3.8, 4) is 0 Å². The van der Waals surface area contributed by atoms with Crippen molar-refractivity contribution in [1.82, 2.24) is 19.9 Å². The molecule has 2 aromatic rings. The van der Waals surface area contributed by atoms with Crippen LogP contribution in [0.4, 0.5) is 5.82 Å². The van der Waals surface area contributed by atoms with E-state index in [1.54, 1.807) is 0 Å². The van der Waals surface area contributed by atoms with Gasteiger partial charge in [0.05, 0.1) is 0 Å². The smallest absolute Gasteiger partial charge is 0.151 e. The largest absolute Gasteiger partial charge is 0.382 e. The van der Waals surface area contributed by atoms with Crippen LogP contribution in [0.15, 0.2) is 12.1 Å². The average Bonchev–Trinajstić information content (AvgIpc) is 2.74. The fraction of sp³-hybridized carbons (Fsp3) is 0.500. The first kappa shape index (κ1) is 10.5. The number of aromatic nitrogens is 3. The Labute approximate surface area is 100 Å². The molecule has 17 heavy (non-hydrogen) atoms. The lowest BCUT2D eigenvalue weighted by molar-refractivity contribution is 0.447. The van der Waals surface area contributed by atoms with Gasteiger partial charge in [-0.25, -0.2) is 9.50 Å². The van der Waals surface area contributed by atoms with Gasteiger partial charge in [-0.3, -0.25) is 0 Å². The first-order chi connectivity index (χ1) is 8.25. The number of hydrogen-bond acceptors (Lipinski definition) is 4. The van der Waals surface area contributed by atoms with E-state index in [9.17, 15) is 0 Å². The molecule has 1 fully saturated rings. The van der Waals surface area contributed by atoms with Gasteiger partial charge in [-0.2, -0.15) is 5.10 Å². The van der Waals surface area contributed by atoms with E-state index in [0.717, 1.165) is 37.3 Å². The van der Waals surface area contributed by atoms with Crippen LogP contribution in [0.1, 0.15) is 30.3 Å². The number of hydrogen-bond donors (Lipinski definition) is 2. The van der Waals surface area contributed by atoms with Crippen molar-refractivity contribution in [3.05, 3.63) is 23.7 Å². The van der Waals surface area contributed by atoms with Crippen LogP contribution >= 0.6 is 0 Å². The van der Waals surface area contributed by atoms with Gasteiger partial charge >= 0.3 is 0 Å². The summed E-state index contributed by atoms with van der Waals surface area (Å²) in [7, 11) is 0. The Balaban J connectivity index is 2.10. The molecular weight excluding hydrogens is 214 g/mol. The van der Waals surface area contributed by atoms with E-state index in [0.29, 0.717) is 11.7 Å². The summed E-state index contributed by atoms with van der Waals surface area (Å²) >= 11 is 0. The molecule has 5 nitrogen and oxygen atoms in total. The lowest BCUT2D eigenvalue weighted by Crippen LogP contribution is -2.27. The Morgan fingerprint density at radius 2 is 2.12 bits per heavy atom. The van der Waals surface area contributed by atoms with E-state index >= 15 is 0 Å². The standard InChI is InChI=1S/C12H17N5/c1-8-15-12(13)11-3-2-10(17(11)16-8)9-4-6-14-7-5-9/h2-3,9,14H,4-7H2,1H3,(H2,13,15,16). The monoisotopic (exact) mass is 231 g/mol. The zero-order valence-corrected chi connectivity index (χ0v) is 9.98. The molecule has 1 saturated heterocycles. The predicted molar refractivity (Wildman–Crippen MR) is 67.0 cm³/mol. The van der Waals surface area contributed by atoms with Gasteiger partial charge in [0.25, 0.3) is 0 Å². The highest BCUT2D eigenvalue weighted by Crippen LogP contribution is 2.27. The van der Waals surface area contributed by atoms with Crippen LogP contribution in [0.25, 0.3) is 5.52 Å². The molecule has 0 atom stereocenters. The Bertz CT molecular complexity index is 539. The molecule has 0 bridgehead atoms. The van der Waals surface area contributed by atoms with Gasteiger partial charge in [-0.15, -0.1) is 0 Å². The molecule has 0 spiro atoms. The summed E-state index contributed by atoms with van der Waals surface area (Å²) < 4.78 is 1.97. The Morgan fingerprint density at radius 1 is 1.35 bits per heavy atom. The van der Waals surface area contributed by atoms with E-state index < -0.39 is 0 Å². The van der Waals surface area contributed by atoms with E-state index in [4.69, 9.17) is 5.73 Å². The molecule has 0 radical (unpaired) electrons. The van der Waals surface area contributed by atoms with Crippen molar-refractivity contribution in [3.63, 3.8) is 0 Å². The molecule has 0 aliphatic carbocycles. The minimum atomic E-state index is 0.567. The number of anilines is 1. The van der Waals surface area contributed by atoms with Crippen LogP contribution in [0.2, 0.25) is 0 Å². The molecule has 1 aliphatic rings. The third kappa shape index (κ3) is 1.76. The van der Waals surface area contributed by atoms with Crippen molar-refractivity contribution < 1.29 is 0 Å². The number of fused-ring (bicyclic) bond motifs is 1. The van der Waals surface area contributed by atoms with Crippen molar-refractivity contribution in [2.75, 3.05) is 18.8 Å². The zero-order chi connectivity index (χ0) is 11.8. The Morgan fingerprint density at radius 3 is 2.88 bits per heavy atom. The van der Waals surface area contributed by atoms with E-state index in [-0.39, 0.29) is 0 Å². The van der Waals surface area contributed by atoms with Crippen molar-refractivity contribution >= 4 is 11.3 Å². The summed E-state index contributed by atoms with van der Waals surface area (Å²) in [6, 6.07) is 4.15. The van der Waals surface area contributed by atoms with Crippen LogP contribution in [0, 0.1) is 6.92 Å². The first-order valence-electron chi connectivity index (χ1n) is 6.08. The van der Waals surface area contributed by atoms with Crippen molar-refractivity contribution in [2.24, 2.45) is 0 Å². The van der Waals surface area contributed by atoms with Crippen molar-refractivity contribution in [2.45, 2.75) is 25.7 Å². The summed E-state index contributed by atoms with van der Waals surface area (Å²) in [5, 5.41) is 7.86. The van der Waals surface area contributed by atoms with Gasteiger partial charge in [0.2, 0.25) is 0 Å². The molecule has 2 aromatic heterocycles. The molecule has 0 amide bonds. The van der Waals surface area contributed by atoms with Crippen LogP contribution in [-0.2, 0) is 0 Å². The predicted octanol–water partition coefficient (Wildman–Crippen LogP) is 1.09. The number of aryl methyl sites for hydroxylation is 1. The van der Waals surface area contributed by atoms with E-state index in [1.165, 1.54) is 5.69 Å². The Hall–Kier alpha value is -1.62. The summed E-state index contributed by atoms with van der Waals surface area (Å²) in [5.41, 5.74) is 8.10. The maximum absolute atomic E-state index is 5.92. The number of nitrogen functional groups attached to an aromatic ring is 1. The number of nitrogens with zero attached hydrogens (tertiary/aromatic N) is 3. The second kappa shape index (κ2) is 4.00. The number of nitrogens with one attached hydrogen (secondary N) is 1. The summed E-state index contributed by atoms with van der Waals surface area (Å²) in [6.45, 7) is 4.04. The third-order valence-electron chi connectivity index (χ3n) is 3.43. The Kier molecular flexibility index (Phi) is 2.48. The molecule has 1 aliphatic heterocycles. The maximum atomic E-state index is 5.92. The fourth-order valence-corrected chi connectivity index (χ4v) is 2.58. The molecule has 0 saturated carbocycles. The SMILES string of the molecule is Cc1nc(N)c2ccc(C3CCNCC3)n2n1. The van der Waals surface area contributed by atoms with Gasteiger partial charge in [0, 0.05) is 11.6 Å². The van der Waals surface area contributed by atoms with Crippen LogP contribution in [-0.4, -0.2) is 27.7 Å². The molecule has 90 valence electrons. The van der Waals surface area contributed by atoms with Crippen LogP contribution in [0.5, 0.6) is 0 Å². The summed E-state index contributed by atoms with van der Waals surface area (Å²) in [6.07, 6.45) is 2.32. The van der Waals surface area contributed by atoms with E-state index in [1.807, 2.05) is 17.5 Å². The lowest BCUT2D eigenvalue weighted by Gasteiger charge is -2.22. The lowest BCUT2D eigenvalue weighted by atomic mass is 9.95. The molecule has 0 unspecified atom stereocenters. The average molecular weight is 231 g/mol. The highest BCUT2D eigenvalue weighted by molar-refractivity contribution is 5.65. The second-order valence-electron chi connectivity index (χ2n) is 4.62. The quantitative estimate of drug-likeness (QED) is 0.771. The minimum Gasteiger partial charge on any atom is -0.382 e. The number of nitrogens with two attached hydrogens (primary N) is 1. The van der Waals surface area contributed by atoms with Crippen LogP contribution < -0.4 is 11.1 Å². The second-order valence-corrected chi connectivity index (χ2v) is 4.62. The third-order valence-corrected chi connectivity index (χ3v) is 3.43. The maximum Gasteiger partial charge on any atom is 0.151 e. The minimum absolute atomic E-state index is 0.567. The molecule has 3 rings (SSSR count). The molecule has 3 heterocycles. The highest BCUT2D eigenvalue weighted by atomic mass is 15.3.